The summed E-state index contributed by atoms with van der Waals surface area (Å²) in [5.74, 6) is 0. The molecule has 1 aromatic carbocycles. The van der Waals surface area contributed by atoms with Crippen molar-refractivity contribution < 1.29 is 9.53 Å². The van der Waals surface area contributed by atoms with Crippen molar-refractivity contribution in [3.05, 3.63) is 35.9 Å². The van der Waals surface area contributed by atoms with Gasteiger partial charge in [0.15, 0.2) is 0 Å². The lowest BCUT2D eigenvalue weighted by Gasteiger charge is -2.39. The highest BCUT2D eigenvalue weighted by molar-refractivity contribution is 8.14. The lowest BCUT2D eigenvalue weighted by atomic mass is 9.98. The van der Waals surface area contributed by atoms with Gasteiger partial charge in [-0.25, -0.2) is 0 Å². The molecule has 1 fully saturated rings. The summed E-state index contributed by atoms with van der Waals surface area (Å²) in [5, 5.41) is 0.0840. The van der Waals surface area contributed by atoms with Crippen molar-refractivity contribution in [3.8, 4) is 0 Å². The van der Waals surface area contributed by atoms with Gasteiger partial charge in [0, 0.05) is 4.75 Å². The highest BCUT2D eigenvalue weighted by Gasteiger charge is 2.50. The second kappa shape index (κ2) is 5.89. The Morgan fingerprint density at radius 1 is 1.27 bits per heavy atom. The van der Waals surface area contributed by atoms with Crippen LogP contribution in [0.25, 0.3) is 0 Å². The summed E-state index contributed by atoms with van der Waals surface area (Å²) in [7, 11) is 0. The quantitative estimate of drug-likeness (QED) is 0.783. The van der Waals surface area contributed by atoms with Crippen molar-refractivity contribution in [2.24, 2.45) is 0 Å². The number of ether oxygens (including phenoxy) is 1. The standard InChI is InChI=1S/C18H27NO2S/c1-7-18(6,14-11-9-8-10-12-14)22-15(20)19-16(2,3)13-21-17(19,4)5/h8-12H,7,13H2,1-6H3/t18-/m0/s1. The van der Waals surface area contributed by atoms with Gasteiger partial charge >= 0.3 is 0 Å². The van der Waals surface area contributed by atoms with Crippen molar-refractivity contribution in [3.63, 3.8) is 0 Å². The minimum atomic E-state index is -0.557. The van der Waals surface area contributed by atoms with E-state index in [1.807, 2.05) is 36.9 Å². The summed E-state index contributed by atoms with van der Waals surface area (Å²) in [6, 6.07) is 10.3. The second-order valence-electron chi connectivity index (χ2n) is 7.20. The van der Waals surface area contributed by atoms with Gasteiger partial charge in [0.25, 0.3) is 5.24 Å². The number of carbonyl (C=O) groups excluding carboxylic acids is 1. The average molecular weight is 321 g/mol. The van der Waals surface area contributed by atoms with Crippen LogP contribution in [0, 0.1) is 0 Å². The number of thioether (sulfide) groups is 1. The molecule has 0 unspecified atom stereocenters. The number of carbonyl (C=O) groups is 1. The van der Waals surface area contributed by atoms with Crippen LogP contribution in [0.1, 0.15) is 53.5 Å². The van der Waals surface area contributed by atoms with E-state index >= 15 is 0 Å². The molecule has 22 heavy (non-hydrogen) atoms. The number of nitrogens with zero attached hydrogens (tertiary/aromatic N) is 1. The molecular formula is C18H27NO2S. The molecule has 122 valence electrons. The van der Waals surface area contributed by atoms with E-state index in [2.05, 4.69) is 39.8 Å². The Morgan fingerprint density at radius 2 is 1.86 bits per heavy atom. The molecule has 1 heterocycles. The Labute approximate surface area is 138 Å². The molecule has 1 amide bonds. The minimum Gasteiger partial charge on any atom is -0.354 e. The Morgan fingerprint density at radius 3 is 2.32 bits per heavy atom. The van der Waals surface area contributed by atoms with Crippen LogP contribution < -0.4 is 0 Å². The first-order chi connectivity index (χ1) is 10.1. The van der Waals surface area contributed by atoms with E-state index < -0.39 is 5.72 Å². The SMILES string of the molecule is CC[C@](C)(SC(=O)N1C(C)(C)COC1(C)C)c1ccccc1. The third kappa shape index (κ3) is 3.18. The van der Waals surface area contributed by atoms with Gasteiger partial charge in [-0.05, 0) is 46.6 Å². The number of hydrogen-bond acceptors (Lipinski definition) is 3. The first-order valence-electron chi connectivity index (χ1n) is 7.85. The highest BCUT2D eigenvalue weighted by Crippen LogP contribution is 2.45. The summed E-state index contributed by atoms with van der Waals surface area (Å²) in [4.78, 5) is 14.9. The molecule has 0 spiro atoms. The second-order valence-corrected chi connectivity index (χ2v) is 8.66. The normalized spacial score (nSPS) is 22.4. The van der Waals surface area contributed by atoms with Gasteiger partial charge in [-0.2, -0.15) is 0 Å². The molecule has 0 aliphatic carbocycles. The lowest BCUT2D eigenvalue weighted by molar-refractivity contribution is -0.0298. The third-order valence-electron chi connectivity index (χ3n) is 4.48. The van der Waals surface area contributed by atoms with Gasteiger partial charge < -0.3 is 4.74 Å². The summed E-state index contributed by atoms with van der Waals surface area (Å²) >= 11 is 1.41. The van der Waals surface area contributed by atoms with Crippen molar-refractivity contribution in [2.75, 3.05) is 6.61 Å². The van der Waals surface area contributed by atoms with Crippen LogP contribution in [0.4, 0.5) is 4.79 Å². The van der Waals surface area contributed by atoms with Crippen LogP contribution in [-0.4, -0.2) is 28.0 Å². The predicted molar refractivity (Wildman–Crippen MR) is 93.0 cm³/mol. The zero-order valence-electron chi connectivity index (χ0n) is 14.5. The Kier molecular flexibility index (Phi) is 4.65. The van der Waals surface area contributed by atoms with Gasteiger partial charge in [-0.15, -0.1) is 0 Å². The number of amides is 1. The van der Waals surface area contributed by atoms with Crippen molar-refractivity contribution >= 4 is 17.0 Å². The predicted octanol–water partition coefficient (Wildman–Crippen LogP) is 5.01. The molecule has 0 radical (unpaired) electrons. The molecular weight excluding hydrogens is 294 g/mol. The molecule has 1 aromatic rings. The summed E-state index contributed by atoms with van der Waals surface area (Å²) in [6.45, 7) is 12.9. The van der Waals surface area contributed by atoms with Crippen LogP contribution >= 0.6 is 11.8 Å². The van der Waals surface area contributed by atoms with E-state index in [9.17, 15) is 4.79 Å². The Hall–Kier alpha value is -1.00. The van der Waals surface area contributed by atoms with Crippen molar-refractivity contribution in [1.82, 2.24) is 4.90 Å². The van der Waals surface area contributed by atoms with Gasteiger partial charge in [0.05, 0.1) is 12.1 Å². The lowest BCUT2D eigenvalue weighted by Crippen LogP contribution is -2.51. The van der Waals surface area contributed by atoms with E-state index in [0.717, 1.165) is 6.42 Å². The van der Waals surface area contributed by atoms with E-state index in [0.29, 0.717) is 6.61 Å². The third-order valence-corrected chi connectivity index (χ3v) is 5.81. The van der Waals surface area contributed by atoms with Crippen LogP contribution in [-0.2, 0) is 9.48 Å². The topological polar surface area (TPSA) is 29.5 Å². The summed E-state index contributed by atoms with van der Waals surface area (Å²) in [5.41, 5.74) is 0.351. The van der Waals surface area contributed by atoms with E-state index in [1.54, 1.807) is 0 Å². The van der Waals surface area contributed by atoms with Crippen LogP contribution in [0.5, 0.6) is 0 Å². The van der Waals surface area contributed by atoms with Crippen LogP contribution in [0.15, 0.2) is 30.3 Å². The average Bonchev–Trinajstić information content (AvgIpc) is 2.68. The molecule has 1 saturated heterocycles. The molecule has 0 aromatic heterocycles. The van der Waals surface area contributed by atoms with Gasteiger partial charge in [0.2, 0.25) is 0 Å². The van der Waals surface area contributed by atoms with Gasteiger partial charge in [-0.3, -0.25) is 9.69 Å². The number of rotatable bonds is 3. The van der Waals surface area contributed by atoms with Crippen LogP contribution in [0.2, 0.25) is 0 Å². The summed E-state index contributed by atoms with van der Waals surface area (Å²) < 4.78 is 5.61. The Balaban J connectivity index is 2.27. The molecule has 0 saturated carbocycles. The van der Waals surface area contributed by atoms with Gasteiger partial charge in [0.1, 0.15) is 5.72 Å². The molecule has 1 aliphatic heterocycles. The van der Waals surface area contributed by atoms with E-state index in [1.165, 1.54) is 17.3 Å². The molecule has 1 atom stereocenters. The fraction of sp³-hybridized carbons (Fsp3) is 0.611. The first-order valence-corrected chi connectivity index (χ1v) is 8.67. The minimum absolute atomic E-state index is 0.0840. The van der Waals surface area contributed by atoms with Crippen molar-refractivity contribution in [2.45, 2.75) is 64.0 Å². The molecule has 2 rings (SSSR count). The fourth-order valence-corrected chi connectivity index (χ4v) is 4.38. The zero-order valence-corrected chi connectivity index (χ0v) is 15.3. The number of hydrogen-bond donors (Lipinski definition) is 0. The van der Waals surface area contributed by atoms with Crippen LogP contribution in [0.3, 0.4) is 0 Å². The van der Waals surface area contributed by atoms with Gasteiger partial charge in [-0.1, -0.05) is 49.0 Å². The monoisotopic (exact) mass is 321 g/mol. The first kappa shape index (κ1) is 17.4. The zero-order chi connectivity index (χ0) is 16.6. The van der Waals surface area contributed by atoms with Crippen molar-refractivity contribution in [1.29, 1.82) is 0 Å². The molecule has 0 bridgehead atoms. The highest BCUT2D eigenvalue weighted by atomic mass is 32.2. The molecule has 3 nitrogen and oxygen atoms in total. The molecule has 1 aliphatic rings. The van der Waals surface area contributed by atoms with E-state index in [-0.39, 0.29) is 15.5 Å². The molecule has 0 N–H and O–H groups in total. The maximum Gasteiger partial charge on any atom is 0.285 e. The number of benzene rings is 1. The largest absolute Gasteiger partial charge is 0.354 e. The fourth-order valence-electron chi connectivity index (χ4n) is 3.04. The van der Waals surface area contributed by atoms with E-state index in [4.69, 9.17) is 4.74 Å². The Bertz CT molecular complexity index is 525. The summed E-state index contributed by atoms with van der Waals surface area (Å²) in [6.07, 6.45) is 0.892. The smallest absolute Gasteiger partial charge is 0.285 e. The molecule has 4 heteroatoms. The maximum atomic E-state index is 13.0. The maximum absolute atomic E-state index is 13.0.